The molecule has 5 aromatic rings. The zero-order chi connectivity index (χ0) is 36.8. The van der Waals surface area contributed by atoms with Crippen LogP contribution in [0.5, 0.6) is 0 Å². The summed E-state index contributed by atoms with van der Waals surface area (Å²) in [6.45, 7) is 10.9. The minimum absolute atomic E-state index is 0.0323. The zero-order valence-electron chi connectivity index (χ0n) is 30.0. The van der Waals surface area contributed by atoms with Gasteiger partial charge in [0, 0.05) is 86.2 Å². The molecule has 52 heavy (non-hydrogen) atoms. The fourth-order valence-electron chi connectivity index (χ4n) is 6.52. The lowest BCUT2D eigenvalue weighted by molar-refractivity contribution is -0.126. The second kappa shape index (κ2) is 15.9. The topological polar surface area (TPSA) is 155 Å². The Morgan fingerprint density at radius 3 is 2.15 bits per heavy atom. The average molecular weight is 702 g/mol. The van der Waals surface area contributed by atoms with Crippen LogP contribution in [0.2, 0.25) is 0 Å². The van der Waals surface area contributed by atoms with Gasteiger partial charge in [0.25, 0.3) is 5.91 Å². The third-order valence-electron chi connectivity index (χ3n) is 9.36. The predicted molar refractivity (Wildman–Crippen MR) is 198 cm³/mol. The Kier molecular flexibility index (Phi) is 11.0. The fourth-order valence-corrected chi connectivity index (χ4v) is 6.52. The lowest BCUT2D eigenvalue weighted by Crippen LogP contribution is -2.31. The van der Waals surface area contributed by atoms with E-state index in [1.165, 1.54) is 0 Å². The Labute approximate surface area is 302 Å². The normalized spacial score (nSPS) is 12.2. The van der Waals surface area contributed by atoms with Gasteiger partial charge in [-0.3, -0.25) is 19.2 Å². The maximum Gasteiger partial charge on any atom is 0.271 e. The van der Waals surface area contributed by atoms with Gasteiger partial charge < -0.3 is 24.8 Å². The summed E-state index contributed by atoms with van der Waals surface area (Å²) in [5.41, 5.74) is 7.71. The van der Waals surface area contributed by atoms with Gasteiger partial charge in [0.05, 0.1) is 5.52 Å². The molecule has 0 spiro atoms. The quantitative estimate of drug-likeness (QED) is 0.116. The smallest absolute Gasteiger partial charge is 0.271 e. The molecule has 0 radical (unpaired) electrons. The molecular weight excluding hydrogens is 658 g/mol. The number of fused-ring (bicyclic) bond motifs is 3. The number of aryl methyl sites for hydroxylation is 1. The SMILES string of the molecule is CCN(CC)c1ccc(-c2c3c(n4ccc(C(C)=O)cc24)C(=O)N(CCCNC(=O)CCC(=O)NCc2ccc(-c4nnc(C)nn4)cc2)C3)cc1. The van der Waals surface area contributed by atoms with Crippen molar-refractivity contribution < 1.29 is 19.2 Å². The lowest BCUT2D eigenvalue weighted by atomic mass is 10.0. The van der Waals surface area contributed by atoms with Gasteiger partial charge >= 0.3 is 0 Å². The molecule has 0 saturated heterocycles. The van der Waals surface area contributed by atoms with Crippen LogP contribution in [0.3, 0.4) is 0 Å². The summed E-state index contributed by atoms with van der Waals surface area (Å²) in [6, 6.07) is 19.4. The van der Waals surface area contributed by atoms with E-state index >= 15 is 0 Å². The second-order valence-electron chi connectivity index (χ2n) is 12.8. The first-order valence-electron chi connectivity index (χ1n) is 17.7. The molecule has 1 aliphatic rings. The molecule has 0 fully saturated rings. The Morgan fingerprint density at radius 2 is 1.50 bits per heavy atom. The second-order valence-corrected chi connectivity index (χ2v) is 12.8. The highest BCUT2D eigenvalue weighted by Gasteiger charge is 2.34. The van der Waals surface area contributed by atoms with Gasteiger partial charge in [0.2, 0.25) is 17.6 Å². The number of hydrogen-bond donors (Lipinski definition) is 2. The van der Waals surface area contributed by atoms with E-state index in [2.05, 4.69) is 74.0 Å². The molecular formula is C39H43N9O4. The molecule has 13 nitrogen and oxygen atoms in total. The molecule has 0 saturated carbocycles. The Bertz CT molecular complexity index is 2090. The molecule has 0 unspecified atom stereocenters. The summed E-state index contributed by atoms with van der Waals surface area (Å²) in [6.07, 6.45) is 2.50. The van der Waals surface area contributed by atoms with Crippen LogP contribution in [0.4, 0.5) is 5.69 Å². The summed E-state index contributed by atoms with van der Waals surface area (Å²) in [4.78, 5) is 55.0. The van der Waals surface area contributed by atoms with Gasteiger partial charge in [-0.25, -0.2) is 0 Å². The monoisotopic (exact) mass is 701 g/mol. The number of nitrogens with one attached hydrogen (secondary N) is 2. The van der Waals surface area contributed by atoms with Crippen molar-refractivity contribution in [1.82, 2.24) is 40.3 Å². The van der Waals surface area contributed by atoms with E-state index in [9.17, 15) is 19.2 Å². The number of aromatic nitrogens is 5. The summed E-state index contributed by atoms with van der Waals surface area (Å²) in [5.74, 6) is 0.366. The van der Waals surface area contributed by atoms with E-state index < -0.39 is 0 Å². The number of amides is 3. The van der Waals surface area contributed by atoms with Crippen LogP contribution in [-0.2, 0) is 22.7 Å². The molecule has 3 amide bonds. The summed E-state index contributed by atoms with van der Waals surface area (Å²) < 4.78 is 1.90. The molecule has 2 aromatic carbocycles. The molecule has 4 heterocycles. The number of Topliss-reactive ketones (excluding diaryl/α,β-unsaturated/α-hetero) is 1. The van der Waals surface area contributed by atoms with Crippen molar-refractivity contribution in [3.63, 3.8) is 0 Å². The Balaban J connectivity index is 1.00. The molecule has 0 atom stereocenters. The van der Waals surface area contributed by atoms with Gasteiger partial charge in [0.1, 0.15) is 5.69 Å². The summed E-state index contributed by atoms with van der Waals surface area (Å²) in [5, 5.41) is 21.6. The molecule has 13 heteroatoms. The van der Waals surface area contributed by atoms with E-state index in [4.69, 9.17) is 0 Å². The van der Waals surface area contributed by atoms with Gasteiger partial charge in [-0.2, -0.15) is 0 Å². The van der Waals surface area contributed by atoms with E-state index in [0.717, 1.165) is 52.1 Å². The standard InChI is InChI=1S/C39H43N9O4/c1-5-46(6-2)31-14-12-28(13-15-31)36-32-24-47(39(52)37(32)48-21-18-30(25(3)49)22-33(36)48)20-7-19-40-34(50)16-17-35(51)41-23-27-8-10-29(11-9-27)38-44-42-26(4)43-45-38/h8-15,18,21-22H,5-7,16-17,19-20,23-24H2,1-4H3,(H,40,50)(H,41,51). The maximum atomic E-state index is 13.7. The number of hydrogen-bond acceptors (Lipinski definition) is 9. The van der Waals surface area contributed by atoms with E-state index in [1.54, 1.807) is 24.8 Å². The molecule has 1 aliphatic heterocycles. The van der Waals surface area contributed by atoms with Gasteiger partial charge in [-0.15, -0.1) is 20.4 Å². The minimum atomic E-state index is -0.222. The van der Waals surface area contributed by atoms with Crippen molar-refractivity contribution in [2.75, 3.05) is 31.1 Å². The average Bonchev–Trinajstić information content (AvgIpc) is 3.65. The van der Waals surface area contributed by atoms with Crippen molar-refractivity contribution in [1.29, 1.82) is 0 Å². The van der Waals surface area contributed by atoms with E-state index in [-0.39, 0.29) is 36.3 Å². The summed E-state index contributed by atoms with van der Waals surface area (Å²) in [7, 11) is 0. The van der Waals surface area contributed by atoms with Crippen LogP contribution < -0.4 is 15.5 Å². The van der Waals surface area contributed by atoms with Crippen molar-refractivity contribution >= 4 is 34.7 Å². The van der Waals surface area contributed by atoms with Gasteiger partial charge in [0.15, 0.2) is 11.6 Å². The van der Waals surface area contributed by atoms with Crippen molar-refractivity contribution in [2.24, 2.45) is 0 Å². The fraction of sp³-hybridized carbons (Fsp3) is 0.333. The van der Waals surface area contributed by atoms with Crippen LogP contribution in [0.1, 0.15) is 77.8 Å². The maximum absolute atomic E-state index is 13.7. The third-order valence-corrected chi connectivity index (χ3v) is 9.36. The van der Waals surface area contributed by atoms with Crippen molar-refractivity contribution in [3.05, 3.63) is 95.1 Å². The number of carbonyl (C=O) groups is 4. The number of rotatable bonds is 15. The number of ketones is 1. The highest BCUT2D eigenvalue weighted by Crippen LogP contribution is 2.39. The van der Waals surface area contributed by atoms with Crippen LogP contribution >= 0.6 is 0 Å². The molecule has 6 rings (SSSR count). The van der Waals surface area contributed by atoms with Crippen LogP contribution in [0, 0.1) is 6.92 Å². The highest BCUT2D eigenvalue weighted by molar-refractivity contribution is 6.05. The number of anilines is 1. The van der Waals surface area contributed by atoms with E-state index in [1.807, 2.05) is 40.9 Å². The molecule has 2 N–H and O–H groups in total. The number of carbonyl (C=O) groups excluding carboxylic acids is 4. The van der Waals surface area contributed by atoms with Gasteiger partial charge in [-0.05, 0) is 69.5 Å². The molecule has 0 bridgehead atoms. The Morgan fingerprint density at radius 1 is 0.846 bits per heavy atom. The first kappa shape index (κ1) is 35.8. The van der Waals surface area contributed by atoms with Crippen molar-refractivity contribution in [2.45, 2.75) is 60.0 Å². The summed E-state index contributed by atoms with van der Waals surface area (Å²) >= 11 is 0. The molecule has 3 aromatic heterocycles. The first-order valence-corrected chi connectivity index (χ1v) is 17.7. The van der Waals surface area contributed by atoms with Gasteiger partial charge in [-0.1, -0.05) is 36.4 Å². The zero-order valence-corrected chi connectivity index (χ0v) is 30.0. The first-order chi connectivity index (χ1) is 25.2. The van der Waals surface area contributed by atoms with Crippen molar-refractivity contribution in [3.8, 4) is 22.5 Å². The minimum Gasteiger partial charge on any atom is -0.372 e. The van der Waals surface area contributed by atoms with Crippen LogP contribution in [0.15, 0.2) is 66.9 Å². The number of pyridine rings is 1. The number of benzene rings is 2. The third kappa shape index (κ3) is 7.83. The molecule has 0 aliphatic carbocycles. The highest BCUT2D eigenvalue weighted by atomic mass is 16.2. The number of nitrogens with zero attached hydrogens (tertiary/aromatic N) is 7. The Hall–Kier alpha value is -5.98. The van der Waals surface area contributed by atoms with Crippen LogP contribution in [0.25, 0.3) is 28.0 Å². The largest absolute Gasteiger partial charge is 0.372 e. The van der Waals surface area contributed by atoms with Crippen LogP contribution in [-0.4, -0.2) is 79.4 Å². The predicted octanol–water partition coefficient (Wildman–Crippen LogP) is 4.77. The van der Waals surface area contributed by atoms with E-state index in [0.29, 0.717) is 55.5 Å². The lowest BCUT2D eigenvalue weighted by Gasteiger charge is -2.21. The molecule has 268 valence electrons.